The zero-order valence-corrected chi connectivity index (χ0v) is 14.6. The highest BCUT2D eigenvalue weighted by molar-refractivity contribution is 9.10. The van der Waals surface area contributed by atoms with Gasteiger partial charge in [-0.2, -0.15) is 5.10 Å². The second-order valence-electron chi connectivity index (χ2n) is 5.84. The summed E-state index contributed by atoms with van der Waals surface area (Å²) in [5.41, 5.74) is 2.61. The minimum atomic E-state index is 0.544. The number of aromatic nitrogens is 2. The third-order valence-electron chi connectivity index (χ3n) is 4.47. The topological polar surface area (TPSA) is 35.2 Å². The Morgan fingerprint density at radius 2 is 1.91 bits per heavy atom. The maximum Gasteiger partial charge on any atom is 0.0634 e. The van der Waals surface area contributed by atoms with Gasteiger partial charge in [-0.1, -0.05) is 37.3 Å². The molecule has 1 aromatic heterocycles. The Hall–Kier alpha value is -1.17. The van der Waals surface area contributed by atoms with Crippen molar-refractivity contribution >= 4 is 15.9 Å². The summed E-state index contributed by atoms with van der Waals surface area (Å²) in [5, 5.41) is 7.15. The van der Waals surface area contributed by atoms with Crippen LogP contribution in [-0.4, -0.2) is 46.2 Å². The van der Waals surface area contributed by atoms with Crippen LogP contribution >= 0.6 is 15.9 Å². The summed E-state index contributed by atoms with van der Waals surface area (Å²) in [5.74, 6) is 0. The first-order valence-corrected chi connectivity index (χ1v) is 8.76. The molecule has 0 amide bonds. The van der Waals surface area contributed by atoms with E-state index in [1.807, 2.05) is 6.20 Å². The highest BCUT2D eigenvalue weighted by Crippen LogP contribution is 2.25. The van der Waals surface area contributed by atoms with Gasteiger partial charge in [0.2, 0.25) is 0 Å². The standard InChI is InChI=1S/C17H23BrN4/c1-2-17(14-6-4-3-5-7-14)22-10-8-21(9-11-22)13-16-15(18)12-19-20-16/h3-7,12,17H,2,8-11,13H2,1H3,(H,19,20). The Labute approximate surface area is 140 Å². The fraction of sp³-hybridized carbons (Fsp3) is 0.471. The first-order valence-electron chi connectivity index (χ1n) is 7.97. The molecule has 0 aliphatic carbocycles. The van der Waals surface area contributed by atoms with Gasteiger partial charge < -0.3 is 0 Å². The lowest BCUT2D eigenvalue weighted by atomic mass is 10.0. The van der Waals surface area contributed by atoms with Crippen molar-refractivity contribution in [3.63, 3.8) is 0 Å². The fourth-order valence-corrected chi connectivity index (χ4v) is 3.56. The lowest BCUT2D eigenvalue weighted by Gasteiger charge is -2.39. The van der Waals surface area contributed by atoms with Crippen molar-refractivity contribution in [2.45, 2.75) is 25.9 Å². The van der Waals surface area contributed by atoms with Crippen molar-refractivity contribution < 1.29 is 0 Å². The molecule has 1 atom stereocenters. The Morgan fingerprint density at radius 1 is 1.18 bits per heavy atom. The maximum atomic E-state index is 4.07. The van der Waals surface area contributed by atoms with Crippen LogP contribution in [0.5, 0.6) is 0 Å². The Balaban J connectivity index is 1.58. The summed E-state index contributed by atoms with van der Waals surface area (Å²) >= 11 is 3.54. The van der Waals surface area contributed by atoms with Crippen LogP contribution < -0.4 is 0 Å². The number of hydrogen-bond donors (Lipinski definition) is 1. The van der Waals surface area contributed by atoms with Crippen molar-refractivity contribution in [3.05, 3.63) is 52.3 Å². The number of aromatic amines is 1. The summed E-state index contributed by atoms with van der Waals surface area (Å²) in [6.45, 7) is 7.68. The molecule has 0 bridgehead atoms. The van der Waals surface area contributed by atoms with Crippen LogP contribution in [0.3, 0.4) is 0 Å². The molecule has 1 N–H and O–H groups in total. The quantitative estimate of drug-likeness (QED) is 0.884. The normalized spacial score (nSPS) is 18.5. The van der Waals surface area contributed by atoms with Gasteiger partial charge in [0.1, 0.15) is 0 Å². The molecule has 2 heterocycles. The lowest BCUT2D eigenvalue weighted by Crippen LogP contribution is -2.47. The molecule has 118 valence electrons. The predicted octanol–water partition coefficient (Wildman–Crippen LogP) is 3.44. The molecule has 3 rings (SSSR count). The number of halogens is 1. The van der Waals surface area contributed by atoms with E-state index in [9.17, 15) is 0 Å². The van der Waals surface area contributed by atoms with E-state index in [0.717, 1.165) is 43.6 Å². The number of hydrogen-bond acceptors (Lipinski definition) is 3. The van der Waals surface area contributed by atoms with Gasteiger partial charge in [-0.15, -0.1) is 0 Å². The van der Waals surface area contributed by atoms with Crippen LogP contribution in [0.2, 0.25) is 0 Å². The highest BCUT2D eigenvalue weighted by Gasteiger charge is 2.24. The van der Waals surface area contributed by atoms with Crippen molar-refractivity contribution in [1.29, 1.82) is 0 Å². The molecule has 0 radical (unpaired) electrons. The maximum absolute atomic E-state index is 4.07. The average molecular weight is 363 g/mol. The van der Waals surface area contributed by atoms with Crippen LogP contribution in [0.1, 0.15) is 30.6 Å². The first-order chi connectivity index (χ1) is 10.8. The third-order valence-corrected chi connectivity index (χ3v) is 5.15. The molecule has 1 aliphatic rings. The van der Waals surface area contributed by atoms with Gasteiger partial charge in [0, 0.05) is 38.8 Å². The van der Waals surface area contributed by atoms with E-state index in [1.54, 1.807) is 0 Å². The smallest absolute Gasteiger partial charge is 0.0634 e. The van der Waals surface area contributed by atoms with E-state index in [-0.39, 0.29) is 0 Å². The van der Waals surface area contributed by atoms with E-state index >= 15 is 0 Å². The Bertz CT molecular complexity index is 575. The molecule has 5 heteroatoms. The summed E-state index contributed by atoms with van der Waals surface area (Å²) in [7, 11) is 0. The number of piperazine rings is 1. The van der Waals surface area contributed by atoms with Crippen molar-refractivity contribution in [2.24, 2.45) is 0 Å². The summed E-state index contributed by atoms with van der Waals surface area (Å²) in [6.07, 6.45) is 2.99. The van der Waals surface area contributed by atoms with Crippen molar-refractivity contribution in [2.75, 3.05) is 26.2 Å². The van der Waals surface area contributed by atoms with Crippen LogP contribution in [0.4, 0.5) is 0 Å². The van der Waals surface area contributed by atoms with E-state index in [2.05, 4.69) is 73.2 Å². The molecule has 1 aromatic carbocycles. The summed E-state index contributed by atoms with van der Waals surface area (Å²) < 4.78 is 1.07. The van der Waals surface area contributed by atoms with Gasteiger partial charge in [0.15, 0.2) is 0 Å². The average Bonchev–Trinajstić information content (AvgIpc) is 2.96. The van der Waals surface area contributed by atoms with Gasteiger partial charge in [0.05, 0.1) is 16.4 Å². The Morgan fingerprint density at radius 3 is 2.50 bits per heavy atom. The number of H-pyrrole nitrogens is 1. The molecular formula is C17H23BrN4. The van der Waals surface area contributed by atoms with E-state index in [1.165, 1.54) is 11.3 Å². The molecule has 4 nitrogen and oxygen atoms in total. The van der Waals surface area contributed by atoms with Crippen LogP contribution in [0.15, 0.2) is 41.0 Å². The zero-order chi connectivity index (χ0) is 15.4. The molecule has 1 saturated heterocycles. The number of rotatable bonds is 5. The number of benzene rings is 1. The van der Waals surface area contributed by atoms with E-state index in [4.69, 9.17) is 0 Å². The molecular weight excluding hydrogens is 340 g/mol. The van der Waals surface area contributed by atoms with Gasteiger partial charge in [0.25, 0.3) is 0 Å². The number of nitrogens with zero attached hydrogens (tertiary/aromatic N) is 3. The monoisotopic (exact) mass is 362 g/mol. The van der Waals surface area contributed by atoms with Crippen LogP contribution in [-0.2, 0) is 6.54 Å². The molecule has 2 aromatic rings. The largest absolute Gasteiger partial charge is 0.295 e. The van der Waals surface area contributed by atoms with Crippen molar-refractivity contribution in [3.8, 4) is 0 Å². The summed E-state index contributed by atoms with van der Waals surface area (Å²) in [4.78, 5) is 5.11. The molecule has 22 heavy (non-hydrogen) atoms. The predicted molar refractivity (Wildman–Crippen MR) is 92.6 cm³/mol. The van der Waals surface area contributed by atoms with Gasteiger partial charge in [-0.3, -0.25) is 14.9 Å². The molecule has 1 fully saturated rings. The fourth-order valence-electron chi connectivity index (χ4n) is 3.25. The van der Waals surface area contributed by atoms with E-state index in [0.29, 0.717) is 6.04 Å². The second kappa shape index (κ2) is 7.40. The van der Waals surface area contributed by atoms with Gasteiger partial charge >= 0.3 is 0 Å². The lowest BCUT2D eigenvalue weighted by molar-refractivity contribution is 0.0888. The first kappa shape index (κ1) is 15.7. The second-order valence-corrected chi connectivity index (χ2v) is 6.70. The van der Waals surface area contributed by atoms with Crippen LogP contribution in [0, 0.1) is 0 Å². The highest BCUT2D eigenvalue weighted by atomic mass is 79.9. The SMILES string of the molecule is CCC(c1ccccc1)N1CCN(Cc2[nH]ncc2Br)CC1. The Kier molecular flexibility index (Phi) is 5.28. The van der Waals surface area contributed by atoms with Crippen LogP contribution in [0.25, 0.3) is 0 Å². The van der Waals surface area contributed by atoms with E-state index < -0.39 is 0 Å². The molecule has 1 unspecified atom stereocenters. The van der Waals surface area contributed by atoms with Gasteiger partial charge in [-0.25, -0.2) is 0 Å². The molecule has 0 spiro atoms. The van der Waals surface area contributed by atoms with Gasteiger partial charge in [-0.05, 0) is 27.9 Å². The molecule has 1 aliphatic heterocycles. The summed E-state index contributed by atoms with van der Waals surface area (Å²) in [6, 6.07) is 11.4. The number of nitrogens with one attached hydrogen (secondary N) is 1. The minimum absolute atomic E-state index is 0.544. The molecule has 0 saturated carbocycles. The minimum Gasteiger partial charge on any atom is -0.295 e. The third kappa shape index (κ3) is 3.59. The zero-order valence-electron chi connectivity index (χ0n) is 13.0. The van der Waals surface area contributed by atoms with Crippen molar-refractivity contribution in [1.82, 2.24) is 20.0 Å².